The predicted molar refractivity (Wildman–Crippen MR) is 115 cm³/mol. The van der Waals surface area contributed by atoms with E-state index >= 15 is 0 Å². The fourth-order valence-electron chi connectivity index (χ4n) is 3.00. The Hall–Kier alpha value is -3.41. The fraction of sp³-hybridized carbons (Fsp3) is 0.250. The Bertz CT molecular complexity index is 960. The van der Waals surface area contributed by atoms with Crippen LogP contribution in [0.2, 0.25) is 0 Å². The number of urea groups is 1. The van der Waals surface area contributed by atoms with Gasteiger partial charge >= 0.3 is 6.03 Å². The molecule has 30 heavy (non-hydrogen) atoms. The molecule has 0 fully saturated rings. The highest BCUT2D eigenvalue weighted by molar-refractivity contribution is 5.74. The maximum absolute atomic E-state index is 14.0. The maximum Gasteiger partial charge on any atom is 0.315 e. The van der Waals surface area contributed by atoms with E-state index in [0.29, 0.717) is 25.3 Å². The molecule has 3 aromatic rings. The van der Waals surface area contributed by atoms with E-state index in [1.807, 2.05) is 56.3 Å². The van der Waals surface area contributed by atoms with E-state index in [0.717, 1.165) is 17.0 Å². The molecule has 3 rings (SSSR count). The van der Waals surface area contributed by atoms with Gasteiger partial charge in [0.05, 0.1) is 5.69 Å². The minimum absolute atomic E-state index is 0.268. The minimum atomic E-state index is -0.519. The number of carbonyl (C=O) groups excluding carboxylic acids is 1. The molecule has 0 unspecified atom stereocenters. The van der Waals surface area contributed by atoms with Gasteiger partial charge in [0.25, 0.3) is 0 Å². The molecule has 0 aliphatic rings. The van der Waals surface area contributed by atoms with Gasteiger partial charge in [0.1, 0.15) is 18.2 Å². The third-order valence-corrected chi connectivity index (χ3v) is 4.78. The molecular formula is C24H26FN3O2. The molecule has 0 atom stereocenters. The lowest BCUT2D eigenvalue weighted by Crippen LogP contribution is -2.42. The number of nitrogens with zero attached hydrogens (tertiary/aromatic N) is 1. The van der Waals surface area contributed by atoms with Gasteiger partial charge in [-0.25, -0.2) is 9.18 Å². The SMILES string of the molecule is CC(C)(CNC(=O)NCc1ccc(OCc2ccccn2)cc1)c1ccccc1F. The van der Waals surface area contributed by atoms with E-state index in [4.69, 9.17) is 4.74 Å². The summed E-state index contributed by atoms with van der Waals surface area (Å²) >= 11 is 0. The van der Waals surface area contributed by atoms with Crippen LogP contribution in [0, 0.1) is 5.82 Å². The lowest BCUT2D eigenvalue weighted by molar-refractivity contribution is 0.238. The molecule has 0 bridgehead atoms. The number of benzene rings is 2. The van der Waals surface area contributed by atoms with Gasteiger partial charge in [0, 0.05) is 24.7 Å². The first-order valence-electron chi connectivity index (χ1n) is 9.82. The van der Waals surface area contributed by atoms with Crippen molar-refractivity contribution >= 4 is 6.03 Å². The molecule has 0 radical (unpaired) electrons. The molecule has 5 nitrogen and oxygen atoms in total. The number of hydrogen-bond acceptors (Lipinski definition) is 3. The highest BCUT2D eigenvalue weighted by Gasteiger charge is 2.24. The summed E-state index contributed by atoms with van der Waals surface area (Å²) in [7, 11) is 0. The van der Waals surface area contributed by atoms with Gasteiger partial charge in [0.2, 0.25) is 0 Å². The van der Waals surface area contributed by atoms with Crippen LogP contribution in [0.1, 0.15) is 30.7 Å². The zero-order chi connectivity index (χ0) is 21.4. The Morgan fingerprint density at radius 3 is 2.43 bits per heavy atom. The predicted octanol–water partition coefficient (Wildman–Crippen LogP) is 4.58. The summed E-state index contributed by atoms with van der Waals surface area (Å²) in [4.78, 5) is 16.4. The van der Waals surface area contributed by atoms with E-state index < -0.39 is 5.41 Å². The second-order valence-corrected chi connectivity index (χ2v) is 7.65. The monoisotopic (exact) mass is 407 g/mol. The molecule has 0 spiro atoms. The molecule has 1 heterocycles. The summed E-state index contributed by atoms with van der Waals surface area (Å²) in [5.41, 5.74) is 1.86. The van der Waals surface area contributed by atoms with Crippen molar-refractivity contribution < 1.29 is 13.9 Å². The zero-order valence-electron chi connectivity index (χ0n) is 17.2. The molecule has 0 saturated heterocycles. The Balaban J connectivity index is 1.44. The summed E-state index contributed by atoms with van der Waals surface area (Å²) in [5.74, 6) is 0.468. The maximum atomic E-state index is 14.0. The molecule has 2 N–H and O–H groups in total. The zero-order valence-corrected chi connectivity index (χ0v) is 17.2. The molecule has 6 heteroatoms. The third kappa shape index (κ3) is 6.04. The molecule has 2 aromatic carbocycles. The lowest BCUT2D eigenvalue weighted by Gasteiger charge is -2.26. The number of hydrogen-bond donors (Lipinski definition) is 2. The summed E-state index contributed by atoms with van der Waals surface area (Å²) in [6.45, 7) is 4.90. The number of ether oxygens (including phenoxy) is 1. The Labute approximate surface area is 176 Å². The number of amides is 2. The second-order valence-electron chi connectivity index (χ2n) is 7.65. The van der Waals surface area contributed by atoms with Gasteiger partial charge in [-0.3, -0.25) is 4.98 Å². The highest BCUT2D eigenvalue weighted by atomic mass is 19.1. The topological polar surface area (TPSA) is 63.2 Å². The number of nitrogens with one attached hydrogen (secondary N) is 2. The van der Waals surface area contributed by atoms with Gasteiger partial charge in [-0.05, 0) is 41.5 Å². The first-order chi connectivity index (χ1) is 14.4. The number of rotatable bonds is 8. The Kier molecular flexibility index (Phi) is 7.01. The van der Waals surface area contributed by atoms with Gasteiger partial charge in [-0.2, -0.15) is 0 Å². The average molecular weight is 407 g/mol. The fourth-order valence-corrected chi connectivity index (χ4v) is 3.00. The lowest BCUT2D eigenvalue weighted by atomic mass is 9.84. The Morgan fingerprint density at radius 2 is 1.73 bits per heavy atom. The second kappa shape index (κ2) is 9.87. The van der Waals surface area contributed by atoms with Crippen LogP contribution >= 0.6 is 0 Å². The van der Waals surface area contributed by atoms with Crippen LogP contribution in [-0.4, -0.2) is 17.6 Å². The van der Waals surface area contributed by atoms with Crippen molar-refractivity contribution in [2.45, 2.75) is 32.4 Å². The van der Waals surface area contributed by atoms with Crippen molar-refractivity contribution in [2.75, 3.05) is 6.54 Å². The summed E-state index contributed by atoms with van der Waals surface area (Å²) in [5, 5.41) is 5.64. The molecular weight excluding hydrogens is 381 g/mol. The van der Waals surface area contributed by atoms with E-state index in [9.17, 15) is 9.18 Å². The van der Waals surface area contributed by atoms with Crippen LogP contribution < -0.4 is 15.4 Å². The smallest absolute Gasteiger partial charge is 0.315 e. The summed E-state index contributed by atoms with van der Waals surface area (Å²) in [6, 6.07) is 19.5. The van der Waals surface area contributed by atoms with Crippen LogP contribution in [0.15, 0.2) is 72.9 Å². The molecule has 1 aromatic heterocycles. The van der Waals surface area contributed by atoms with E-state index in [1.165, 1.54) is 6.07 Å². The van der Waals surface area contributed by atoms with Crippen molar-refractivity contribution in [1.29, 1.82) is 0 Å². The van der Waals surface area contributed by atoms with Gasteiger partial charge in [-0.1, -0.05) is 50.2 Å². The molecule has 0 aliphatic heterocycles. The third-order valence-electron chi connectivity index (χ3n) is 4.78. The molecule has 0 aliphatic carbocycles. The van der Waals surface area contributed by atoms with E-state index in [-0.39, 0.29) is 11.8 Å². The summed E-state index contributed by atoms with van der Waals surface area (Å²) < 4.78 is 19.7. The first-order valence-corrected chi connectivity index (χ1v) is 9.82. The van der Waals surface area contributed by atoms with Gasteiger partial charge < -0.3 is 15.4 Å². The van der Waals surface area contributed by atoms with Crippen LogP contribution in [-0.2, 0) is 18.6 Å². The largest absolute Gasteiger partial charge is 0.487 e. The minimum Gasteiger partial charge on any atom is -0.487 e. The van der Waals surface area contributed by atoms with Crippen molar-refractivity contribution in [3.05, 3.63) is 95.6 Å². The molecule has 156 valence electrons. The van der Waals surface area contributed by atoms with Crippen molar-refractivity contribution in [3.63, 3.8) is 0 Å². The molecule has 2 amide bonds. The molecule has 0 saturated carbocycles. The van der Waals surface area contributed by atoms with E-state index in [2.05, 4.69) is 15.6 Å². The van der Waals surface area contributed by atoms with Crippen molar-refractivity contribution in [1.82, 2.24) is 15.6 Å². The summed E-state index contributed by atoms with van der Waals surface area (Å²) in [6.07, 6.45) is 1.73. The number of halogens is 1. The Morgan fingerprint density at radius 1 is 1.00 bits per heavy atom. The van der Waals surface area contributed by atoms with Crippen LogP contribution in [0.3, 0.4) is 0 Å². The highest BCUT2D eigenvalue weighted by Crippen LogP contribution is 2.24. The van der Waals surface area contributed by atoms with Gasteiger partial charge in [-0.15, -0.1) is 0 Å². The normalized spacial score (nSPS) is 11.0. The number of pyridine rings is 1. The number of carbonyl (C=O) groups is 1. The standard InChI is InChI=1S/C24H26FN3O2/c1-24(2,21-8-3-4-9-22(21)25)17-28-23(29)27-15-18-10-12-20(13-11-18)30-16-19-7-5-6-14-26-19/h3-14H,15-17H2,1-2H3,(H2,27,28,29). The first kappa shape index (κ1) is 21.3. The van der Waals surface area contributed by atoms with Crippen molar-refractivity contribution in [2.24, 2.45) is 0 Å². The van der Waals surface area contributed by atoms with Crippen LogP contribution in [0.5, 0.6) is 5.75 Å². The van der Waals surface area contributed by atoms with Crippen LogP contribution in [0.25, 0.3) is 0 Å². The van der Waals surface area contributed by atoms with E-state index in [1.54, 1.807) is 24.4 Å². The number of aromatic nitrogens is 1. The van der Waals surface area contributed by atoms with Crippen molar-refractivity contribution in [3.8, 4) is 5.75 Å². The van der Waals surface area contributed by atoms with Crippen LogP contribution in [0.4, 0.5) is 9.18 Å². The van der Waals surface area contributed by atoms with Gasteiger partial charge in [0.15, 0.2) is 0 Å². The average Bonchev–Trinajstić information content (AvgIpc) is 2.76. The quantitative estimate of drug-likeness (QED) is 0.575.